The van der Waals surface area contributed by atoms with Crippen molar-refractivity contribution in [1.82, 2.24) is 0 Å². The largest absolute Gasteiger partial charge is 0.496 e. The number of nitrogens with zero attached hydrogens (tertiary/aromatic N) is 1. The molecule has 1 atom stereocenters. The number of hydrogen-bond acceptors (Lipinski definition) is 5. The molecule has 0 fully saturated rings. The Kier molecular flexibility index (Phi) is 8.23. The second kappa shape index (κ2) is 11.1. The van der Waals surface area contributed by atoms with Gasteiger partial charge in [-0.15, -0.1) is 0 Å². The first-order valence-corrected chi connectivity index (χ1v) is 11.9. The molecular weight excluding hydrogens is 450 g/mol. The van der Waals surface area contributed by atoms with Crippen molar-refractivity contribution in [2.75, 3.05) is 7.11 Å². The third-order valence-corrected chi connectivity index (χ3v) is 6.27. The van der Waals surface area contributed by atoms with Crippen LogP contribution >= 0.6 is 0 Å². The lowest BCUT2D eigenvalue weighted by Gasteiger charge is -2.18. The molecule has 34 heavy (non-hydrogen) atoms. The van der Waals surface area contributed by atoms with Gasteiger partial charge in [-0.3, -0.25) is 0 Å². The predicted molar refractivity (Wildman–Crippen MR) is 135 cm³/mol. The SMILES string of the molecule is COc1c(C=N[S@@](=O)C(C)(C)C)cc(OCc2ccccc2)c(C(=O)Oc2ccccc2)c1C. The maximum Gasteiger partial charge on any atom is 0.347 e. The van der Waals surface area contributed by atoms with Crippen molar-refractivity contribution in [3.8, 4) is 17.2 Å². The molecular formula is C27H29NO5S. The van der Waals surface area contributed by atoms with Gasteiger partial charge in [0, 0.05) is 17.3 Å². The van der Waals surface area contributed by atoms with E-state index >= 15 is 0 Å². The van der Waals surface area contributed by atoms with Gasteiger partial charge in [0.05, 0.1) is 11.9 Å². The molecule has 3 aromatic rings. The molecule has 0 saturated heterocycles. The predicted octanol–water partition coefficient (Wildman–Crippen LogP) is 5.68. The Bertz CT molecular complexity index is 1190. The normalized spacial score (nSPS) is 12.4. The summed E-state index contributed by atoms with van der Waals surface area (Å²) in [6.45, 7) is 7.55. The van der Waals surface area contributed by atoms with E-state index in [1.165, 1.54) is 13.3 Å². The summed E-state index contributed by atoms with van der Waals surface area (Å²) >= 11 is 0. The van der Waals surface area contributed by atoms with Crippen molar-refractivity contribution in [2.24, 2.45) is 4.40 Å². The van der Waals surface area contributed by atoms with Gasteiger partial charge in [-0.25, -0.2) is 9.00 Å². The minimum atomic E-state index is -1.45. The Morgan fingerprint density at radius 2 is 1.65 bits per heavy atom. The third-order valence-electron chi connectivity index (χ3n) is 4.92. The topological polar surface area (TPSA) is 74.2 Å². The number of carbonyl (C=O) groups excluding carboxylic acids is 1. The van der Waals surface area contributed by atoms with Gasteiger partial charge in [0.15, 0.2) is 0 Å². The van der Waals surface area contributed by atoms with Crippen LogP contribution in [0.4, 0.5) is 0 Å². The Balaban J connectivity index is 2.05. The summed E-state index contributed by atoms with van der Waals surface area (Å²) in [7, 11) is 0.0572. The van der Waals surface area contributed by atoms with E-state index in [9.17, 15) is 9.00 Å². The average Bonchev–Trinajstić information content (AvgIpc) is 2.81. The van der Waals surface area contributed by atoms with Gasteiger partial charge in [0.25, 0.3) is 0 Å². The fraction of sp³-hybridized carbons (Fsp3) is 0.259. The Hall–Kier alpha value is -3.45. The molecule has 0 aliphatic heterocycles. The first kappa shape index (κ1) is 25.2. The van der Waals surface area contributed by atoms with E-state index in [1.54, 1.807) is 37.3 Å². The van der Waals surface area contributed by atoms with Gasteiger partial charge in [0.1, 0.15) is 40.4 Å². The summed E-state index contributed by atoms with van der Waals surface area (Å²) in [6, 6.07) is 20.1. The summed E-state index contributed by atoms with van der Waals surface area (Å²) in [5.41, 5.74) is 2.29. The number of rotatable bonds is 8. The lowest BCUT2D eigenvalue weighted by molar-refractivity contribution is 0.0728. The highest BCUT2D eigenvalue weighted by molar-refractivity contribution is 7.85. The highest BCUT2D eigenvalue weighted by atomic mass is 32.2. The van der Waals surface area contributed by atoms with Gasteiger partial charge in [0.2, 0.25) is 0 Å². The quantitative estimate of drug-likeness (QED) is 0.236. The van der Waals surface area contributed by atoms with Gasteiger partial charge in [-0.05, 0) is 51.5 Å². The lowest BCUT2D eigenvalue weighted by Crippen LogP contribution is -2.19. The highest BCUT2D eigenvalue weighted by Gasteiger charge is 2.25. The summed E-state index contributed by atoms with van der Waals surface area (Å²) < 4.78 is 33.4. The molecule has 0 amide bonds. The second-order valence-corrected chi connectivity index (χ2v) is 10.5. The van der Waals surface area contributed by atoms with Crippen LogP contribution in [-0.4, -0.2) is 28.2 Å². The van der Waals surface area contributed by atoms with E-state index in [2.05, 4.69) is 4.40 Å². The molecule has 178 valence electrons. The Morgan fingerprint density at radius 3 is 2.24 bits per heavy atom. The standard InChI is InChI=1S/C27H29NO5S/c1-19-24(26(29)33-22-14-10-7-11-15-22)23(32-18-20-12-8-6-9-13-20)16-21(25(19)31-5)17-28-34(30)27(2,3)4/h6-17H,18H2,1-5H3/t34-/m0/s1. The van der Waals surface area contributed by atoms with Crippen LogP contribution in [-0.2, 0) is 17.6 Å². The van der Waals surface area contributed by atoms with Crippen molar-refractivity contribution in [3.05, 3.63) is 89.0 Å². The molecule has 0 spiro atoms. The Labute approximate surface area is 203 Å². The fourth-order valence-corrected chi connectivity index (χ4v) is 3.70. The van der Waals surface area contributed by atoms with E-state index in [-0.39, 0.29) is 12.2 Å². The van der Waals surface area contributed by atoms with Crippen LogP contribution in [0.2, 0.25) is 0 Å². The molecule has 0 aliphatic rings. The molecule has 3 aromatic carbocycles. The minimum Gasteiger partial charge on any atom is -0.496 e. The number of methoxy groups -OCH3 is 1. The van der Waals surface area contributed by atoms with Crippen molar-refractivity contribution in [2.45, 2.75) is 39.0 Å². The zero-order valence-electron chi connectivity index (χ0n) is 20.0. The fourth-order valence-electron chi connectivity index (χ4n) is 3.17. The summed E-state index contributed by atoms with van der Waals surface area (Å²) in [5.74, 6) is 0.616. The zero-order chi connectivity index (χ0) is 24.7. The maximum atomic E-state index is 13.2. The molecule has 6 nitrogen and oxygen atoms in total. The van der Waals surface area contributed by atoms with Crippen LogP contribution in [0.1, 0.15) is 47.8 Å². The molecule has 0 bridgehead atoms. The Morgan fingerprint density at radius 1 is 1.03 bits per heavy atom. The number of ether oxygens (including phenoxy) is 3. The van der Waals surface area contributed by atoms with E-state index in [0.717, 1.165) is 5.56 Å². The van der Waals surface area contributed by atoms with Crippen molar-refractivity contribution >= 4 is 23.2 Å². The van der Waals surface area contributed by atoms with E-state index in [0.29, 0.717) is 28.4 Å². The number of esters is 1. The second-order valence-electron chi connectivity index (χ2n) is 8.57. The molecule has 3 rings (SSSR count). The van der Waals surface area contributed by atoms with E-state index < -0.39 is 21.7 Å². The average molecular weight is 480 g/mol. The van der Waals surface area contributed by atoms with Crippen molar-refractivity contribution in [3.63, 3.8) is 0 Å². The highest BCUT2D eigenvalue weighted by Crippen LogP contribution is 2.35. The number of hydrogen-bond donors (Lipinski definition) is 0. The van der Waals surface area contributed by atoms with Crippen molar-refractivity contribution in [1.29, 1.82) is 0 Å². The molecule has 7 heteroatoms. The molecule has 0 heterocycles. The first-order valence-electron chi connectivity index (χ1n) is 10.8. The summed E-state index contributed by atoms with van der Waals surface area (Å²) in [5, 5.41) is 0. The van der Waals surface area contributed by atoms with Crippen LogP contribution in [0, 0.1) is 6.92 Å². The smallest absolute Gasteiger partial charge is 0.347 e. The molecule has 0 unspecified atom stereocenters. The summed E-state index contributed by atoms with van der Waals surface area (Å²) in [6.07, 6.45) is 1.49. The number of benzene rings is 3. The molecule has 0 N–H and O–H groups in total. The molecule has 0 saturated carbocycles. The number of para-hydroxylation sites is 1. The first-order chi connectivity index (χ1) is 16.2. The van der Waals surface area contributed by atoms with Gasteiger partial charge < -0.3 is 14.2 Å². The monoisotopic (exact) mass is 479 g/mol. The van der Waals surface area contributed by atoms with Crippen molar-refractivity contribution < 1.29 is 23.2 Å². The molecule has 0 aromatic heterocycles. The minimum absolute atomic E-state index is 0.253. The van der Waals surface area contributed by atoms with Crippen LogP contribution in [0.15, 0.2) is 71.1 Å². The van der Waals surface area contributed by atoms with Gasteiger partial charge >= 0.3 is 5.97 Å². The van der Waals surface area contributed by atoms with Gasteiger partial charge in [-0.1, -0.05) is 48.5 Å². The van der Waals surface area contributed by atoms with E-state index in [1.807, 2.05) is 57.2 Å². The summed E-state index contributed by atoms with van der Waals surface area (Å²) in [4.78, 5) is 13.2. The molecule has 0 radical (unpaired) electrons. The molecule has 0 aliphatic carbocycles. The van der Waals surface area contributed by atoms with Gasteiger partial charge in [-0.2, -0.15) is 4.40 Å². The van der Waals surface area contributed by atoms with E-state index in [4.69, 9.17) is 14.2 Å². The van der Waals surface area contributed by atoms with Crippen LogP contribution < -0.4 is 14.2 Å². The van der Waals surface area contributed by atoms with Crippen LogP contribution in [0.5, 0.6) is 17.2 Å². The third kappa shape index (κ3) is 6.32. The lowest BCUT2D eigenvalue weighted by atomic mass is 10.0. The zero-order valence-corrected chi connectivity index (χ0v) is 20.8. The van der Waals surface area contributed by atoms with Crippen LogP contribution in [0.3, 0.4) is 0 Å². The number of carbonyl (C=O) groups is 1. The maximum absolute atomic E-state index is 13.2. The van der Waals surface area contributed by atoms with Crippen LogP contribution in [0.25, 0.3) is 0 Å².